The summed E-state index contributed by atoms with van der Waals surface area (Å²) in [5, 5.41) is 2.94. The second kappa shape index (κ2) is 7.53. The number of alkyl carbamates (subject to hydrolysis) is 1. The van der Waals surface area contributed by atoms with Crippen molar-refractivity contribution in [2.45, 2.75) is 64.8 Å². The van der Waals surface area contributed by atoms with Gasteiger partial charge in [0.1, 0.15) is 0 Å². The van der Waals surface area contributed by atoms with Crippen LogP contribution in [-0.2, 0) is 4.74 Å². The maximum absolute atomic E-state index is 11.2. The minimum Gasteiger partial charge on any atom is -0.450 e. The monoisotopic (exact) mass is 227 g/mol. The number of amides is 1. The third-order valence-corrected chi connectivity index (χ3v) is 3.41. The van der Waals surface area contributed by atoms with Crippen LogP contribution in [0.25, 0.3) is 0 Å². The third kappa shape index (κ3) is 4.86. The summed E-state index contributed by atoms with van der Waals surface area (Å²) in [5.41, 5.74) is 0. The standard InChI is InChI=1S/C13H25NO2/c1-3-5-6-11-7-9-12(10-8-11)14-13(15)16-4-2/h11-12H,3-10H2,1-2H3,(H,14,15). The first kappa shape index (κ1) is 13.3. The van der Waals surface area contributed by atoms with Crippen LogP contribution in [0.15, 0.2) is 0 Å². The normalized spacial score (nSPS) is 25.1. The van der Waals surface area contributed by atoms with Crippen molar-refractivity contribution in [2.24, 2.45) is 5.92 Å². The van der Waals surface area contributed by atoms with E-state index in [4.69, 9.17) is 4.74 Å². The number of nitrogens with one attached hydrogen (secondary N) is 1. The fourth-order valence-electron chi connectivity index (χ4n) is 2.43. The molecule has 1 N–H and O–H groups in total. The molecule has 0 unspecified atom stereocenters. The van der Waals surface area contributed by atoms with E-state index in [0.717, 1.165) is 18.8 Å². The van der Waals surface area contributed by atoms with Crippen LogP contribution in [0.1, 0.15) is 58.8 Å². The van der Waals surface area contributed by atoms with Crippen LogP contribution in [0, 0.1) is 5.92 Å². The molecule has 1 amide bonds. The van der Waals surface area contributed by atoms with Gasteiger partial charge in [0.05, 0.1) is 6.61 Å². The van der Waals surface area contributed by atoms with Gasteiger partial charge in [-0.25, -0.2) is 4.79 Å². The molecule has 1 aliphatic rings. The van der Waals surface area contributed by atoms with E-state index >= 15 is 0 Å². The SMILES string of the molecule is CCCCC1CCC(NC(=O)OCC)CC1. The minimum atomic E-state index is -0.250. The molecule has 0 saturated heterocycles. The summed E-state index contributed by atoms with van der Waals surface area (Å²) >= 11 is 0. The fourth-order valence-corrected chi connectivity index (χ4v) is 2.43. The number of rotatable bonds is 5. The first-order valence-electron chi connectivity index (χ1n) is 6.69. The van der Waals surface area contributed by atoms with Gasteiger partial charge in [-0.05, 0) is 38.5 Å². The summed E-state index contributed by atoms with van der Waals surface area (Å²) in [6.45, 7) is 4.53. The third-order valence-electron chi connectivity index (χ3n) is 3.41. The highest BCUT2D eigenvalue weighted by Crippen LogP contribution is 2.28. The molecule has 0 spiro atoms. The average molecular weight is 227 g/mol. The molecule has 0 aliphatic heterocycles. The van der Waals surface area contributed by atoms with Crippen LogP contribution in [-0.4, -0.2) is 18.7 Å². The number of carbonyl (C=O) groups is 1. The number of ether oxygens (including phenoxy) is 1. The zero-order valence-corrected chi connectivity index (χ0v) is 10.6. The maximum atomic E-state index is 11.2. The molecule has 0 bridgehead atoms. The van der Waals surface area contributed by atoms with Gasteiger partial charge in [0.15, 0.2) is 0 Å². The van der Waals surface area contributed by atoms with Crippen molar-refractivity contribution in [3.8, 4) is 0 Å². The number of hydrogen-bond donors (Lipinski definition) is 1. The Morgan fingerprint density at radius 1 is 1.25 bits per heavy atom. The summed E-state index contributed by atoms with van der Waals surface area (Å²) in [6, 6.07) is 0.344. The van der Waals surface area contributed by atoms with E-state index in [0.29, 0.717) is 12.6 Å². The van der Waals surface area contributed by atoms with Crippen molar-refractivity contribution in [1.29, 1.82) is 0 Å². The molecular weight excluding hydrogens is 202 g/mol. The quantitative estimate of drug-likeness (QED) is 0.781. The van der Waals surface area contributed by atoms with Crippen LogP contribution >= 0.6 is 0 Å². The van der Waals surface area contributed by atoms with Gasteiger partial charge in [-0.3, -0.25) is 0 Å². The van der Waals surface area contributed by atoms with Gasteiger partial charge in [0.2, 0.25) is 0 Å². The van der Waals surface area contributed by atoms with Gasteiger partial charge in [-0.1, -0.05) is 26.2 Å². The van der Waals surface area contributed by atoms with E-state index < -0.39 is 0 Å². The predicted molar refractivity (Wildman–Crippen MR) is 65.4 cm³/mol. The van der Waals surface area contributed by atoms with E-state index in [1.165, 1.54) is 32.1 Å². The molecule has 0 radical (unpaired) electrons. The Balaban J connectivity index is 2.14. The van der Waals surface area contributed by atoms with Crippen LogP contribution < -0.4 is 5.32 Å². The molecular formula is C13H25NO2. The molecule has 3 heteroatoms. The van der Waals surface area contributed by atoms with Crippen molar-refractivity contribution in [3.05, 3.63) is 0 Å². The molecule has 1 rings (SSSR count). The topological polar surface area (TPSA) is 38.3 Å². The van der Waals surface area contributed by atoms with Crippen molar-refractivity contribution in [2.75, 3.05) is 6.61 Å². The Hall–Kier alpha value is -0.730. The Morgan fingerprint density at radius 3 is 2.50 bits per heavy atom. The Kier molecular flexibility index (Phi) is 6.27. The highest BCUT2D eigenvalue weighted by Gasteiger charge is 2.22. The smallest absolute Gasteiger partial charge is 0.407 e. The van der Waals surface area contributed by atoms with Crippen LogP contribution in [0.5, 0.6) is 0 Å². The van der Waals surface area contributed by atoms with E-state index in [-0.39, 0.29) is 6.09 Å². The molecule has 16 heavy (non-hydrogen) atoms. The highest BCUT2D eigenvalue weighted by molar-refractivity contribution is 5.67. The van der Waals surface area contributed by atoms with Crippen molar-refractivity contribution >= 4 is 6.09 Å². The maximum Gasteiger partial charge on any atom is 0.407 e. The molecule has 1 fully saturated rings. The molecule has 0 aromatic rings. The first-order chi connectivity index (χ1) is 7.76. The number of unbranched alkanes of at least 4 members (excludes halogenated alkanes) is 1. The summed E-state index contributed by atoms with van der Waals surface area (Å²) in [6.07, 6.45) is 8.51. The molecule has 3 nitrogen and oxygen atoms in total. The molecule has 1 aliphatic carbocycles. The van der Waals surface area contributed by atoms with E-state index in [9.17, 15) is 4.79 Å². The second-order valence-corrected chi connectivity index (χ2v) is 4.72. The van der Waals surface area contributed by atoms with Crippen LogP contribution in [0.4, 0.5) is 4.79 Å². The van der Waals surface area contributed by atoms with Crippen molar-refractivity contribution in [1.82, 2.24) is 5.32 Å². The first-order valence-corrected chi connectivity index (χ1v) is 6.69. The van der Waals surface area contributed by atoms with Gasteiger partial charge >= 0.3 is 6.09 Å². The summed E-state index contributed by atoms with van der Waals surface area (Å²) in [4.78, 5) is 11.2. The molecule has 0 aromatic carbocycles. The van der Waals surface area contributed by atoms with Crippen LogP contribution in [0.3, 0.4) is 0 Å². The molecule has 0 aromatic heterocycles. The summed E-state index contributed by atoms with van der Waals surface area (Å²) in [7, 11) is 0. The Labute approximate surface area is 98.9 Å². The van der Waals surface area contributed by atoms with E-state index in [1.807, 2.05) is 6.92 Å². The van der Waals surface area contributed by atoms with Gasteiger partial charge in [0.25, 0.3) is 0 Å². The Morgan fingerprint density at radius 2 is 1.94 bits per heavy atom. The molecule has 0 atom stereocenters. The number of carbonyl (C=O) groups excluding carboxylic acids is 1. The largest absolute Gasteiger partial charge is 0.450 e. The number of hydrogen-bond acceptors (Lipinski definition) is 2. The Bertz CT molecular complexity index is 198. The van der Waals surface area contributed by atoms with Gasteiger partial charge in [-0.15, -0.1) is 0 Å². The van der Waals surface area contributed by atoms with E-state index in [2.05, 4.69) is 12.2 Å². The average Bonchev–Trinajstić information content (AvgIpc) is 2.28. The zero-order valence-electron chi connectivity index (χ0n) is 10.6. The lowest BCUT2D eigenvalue weighted by Gasteiger charge is -2.28. The molecule has 0 heterocycles. The lowest BCUT2D eigenvalue weighted by molar-refractivity contribution is 0.142. The minimum absolute atomic E-state index is 0.250. The van der Waals surface area contributed by atoms with Crippen LogP contribution in [0.2, 0.25) is 0 Å². The second-order valence-electron chi connectivity index (χ2n) is 4.72. The lowest BCUT2D eigenvalue weighted by atomic mass is 9.83. The highest BCUT2D eigenvalue weighted by atomic mass is 16.5. The van der Waals surface area contributed by atoms with Gasteiger partial charge in [0, 0.05) is 6.04 Å². The summed E-state index contributed by atoms with van der Waals surface area (Å²) in [5.74, 6) is 0.889. The van der Waals surface area contributed by atoms with Gasteiger partial charge in [-0.2, -0.15) is 0 Å². The lowest BCUT2D eigenvalue weighted by Crippen LogP contribution is -2.37. The molecule has 1 saturated carbocycles. The zero-order chi connectivity index (χ0) is 11.8. The molecule has 94 valence electrons. The predicted octanol–water partition coefficient (Wildman–Crippen LogP) is 3.48. The fraction of sp³-hybridized carbons (Fsp3) is 0.923. The van der Waals surface area contributed by atoms with Crippen molar-refractivity contribution < 1.29 is 9.53 Å². The van der Waals surface area contributed by atoms with E-state index in [1.54, 1.807) is 0 Å². The van der Waals surface area contributed by atoms with Gasteiger partial charge < -0.3 is 10.1 Å². The van der Waals surface area contributed by atoms with Crippen molar-refractivity contribution in [3.63, 3.8) is 0 Å². The summed E-state index contributed by atoms with van der Waals surface area (Å²) < 4.78 is 4.89.